The van der Waals surface area contributed by atoms with Crippen LogP contribution in [-0.2, 0) is 0 Å². The molecule has 0 aromatic rings. The predicted octanol–water partition coefficient (Wildman–Crippen LogP) is 12.8. The average Bonchev–Trinajstić information content (AvgIpc) is 2.97. The van der Waals surface area contributed by atoms with Crippen molar-refractivity contribution in [2.45, 2.75) is 113 Å². The van der Waals surface area contributed by atoms with E-state index in [0.717, 1.165) is 44.0 Å². The van der Waals surface area contributed by atoms with Crippen LogP contribution in [0.3, 0.4) is 0 Å². The Morgan fingerprint density at radius 3 is 1.87 bits per heavy atom. The number of likely N-dealkylation sites (N-methyl/N-ethyl adjacent to an activating group) is 1. The number of nitrogens with one attached hydrogen (secondary N) is 1. The normalized spacial score (nSPS) is 22.5. The summed E-state index contributed by atoms with van der Waals surface area (Å²) in [5.74, 6) is 0.116. The highest BCUT2D eigenvalue weighted by molar-refractivity contribution is 5.83. The Morgan fingerprint density at radius 2 is 1.51 bits per heavy atom. The smallest absolute Gasteiger partial charge is 0.371 e. The average molecular weight is 639 g/mol. The van der Waals surface area contributed by atoms with Gasteiger partial charge in [-0.3, -0.25) is 0 Å². The molecule has 0 bridgehead atoms. The fraction of sp³-hybridized carbons (Fsp3) is 0.605. The van der Waals surface area contributed by atoms with Crippen molar-refractivity contribution in [3.05, 3.63) is 84.2 Å². The van der Waals surface area contributed by atoms with Gasteiger partial charge in [-0.2, -0.15) is 13.2 Å². The molecule has 2 aliphatic rings. The molecule has 0 spiro atoms. The number of hydrogen-bond acceptors (Lipinski definition) is 2. The van der Waals surface area contributed by atoms with Crippen molar-refractivity contribution >= 4 is 6.21 Å². The number of alkyl halides is 3. The molecule has 0 unspecified atom stereocenters. The second kappa shape index (κ2) is 19.1. The third-order valence-electron chi connectivity index (χ3n) is 9.14. The summed E-state index contributed by atoms with van der Waals surface area (Å²) in [5.41, 5.74) is 1.59. The lowest BCUT2D eigenvalue weighted by Crippen LogP contribution is -2.40. The SMILES string of the molecule is C=C(/C(C=N)=C(/C)C(F)(F)F)N(CC)CC1CC(C)(C)C1.C=C(CCC)C1(C)CCC(C)CC1.C=C/C(F)=C(C=C)\C(F)=C/C. The van der Waals surface area contributed by atoms with Gasteiger partial charge in [0.1, 0.15) is 11.7 Å². The summed E-state index contributed by atoms with van der Waals surface area (Å²) in [4.78, 5) is 1.86. The molecule has 0 atom stereocenters. The van der Waals surface area contributed by atoms with Gasteiger partial charge in [0, 0.05) is 41.7 Å². The largest absolute Gasteiger partial charge is 0.413 e. The van der Waals surface area contributed by atoms with Crippen LogP contribution in [0.1, 0.15) is 107 Å². The van der Waals surface area contributed by atoms with Gasteiger partial charge in [-0.05, 0) is 94.5 Å². The standard InChI is InChI=1S/C16H25F3N2.C13H24.C9H10F2/c1-6-21(10-13-7-15(4,5)8-13)12(3)14(9-20)11(2)16(17,18)19;1-5-6-12(3)13(4)9-7-11(2)8-10-13;1-4-7(8(10)5-2)9(11)6-3/h9,13,20H,3,6-8,10H2,1-2,4-5H3;11H,3,5-10H2,1-2,4H3;4-6H,1-2H2,3H3/b14-11-,20-9?;;8-7+,9-6+. The Bertz CT molecular complexity index is 1100. The highest BCUT2D eigenvalue weighted by atomic mass is 19.4. The highest BCUT2D eigenvalue weighted by Gasteiger charge is 2.38. The molecule has 0 radical (unpaired) electrons. The van der Waals surface area contributed by atoms with Crippen LogP contribution in [0.2, 0.25) is 0 Å². The van der Waals surface area contributed by atoms with Crippen LogP contribution in [0.15, 0.2) is 84.2 Å². The molecule has 2 saturated carbocycles. The monoisotopic (exact) mass is 638 g/mol. The molecule has 45 heavy (non-hydrogen) atoms. The number of hydrogen-bond donors (Lipinski definition) is 1. The first-order valence-corrected chi connectivity index (χ1v) is 16.1. The van der Waals surface area contributed by atoms with E-state index in [2.05, 4.69) is 60.9 Å². The summed E-state index contributed by atoms with van der Waals surface area (Å²) in [6.45, 7) is 31.6. The lowest BCUT2D eigenvalue weighted by atomic mass is 9.64. The molecule has 2 rings (SSSR count). The van der Waals surface area contributed by atoms with Crippen molar-refractivity contribution in [2.24, 2.45) is 22.7 Å². The van der Waals surface area contributed by atoms with E-state index < -0.39 is 23.4 Å². The van der Waals surface area contributed by atoms with E-state index in [-0.39, 0.29) is 11.1 Å². The van der Waals surface area contributed by atoms with Crippen molar-refractivity contribution in [1.82, 2.24) is 4.90 Å². The molecule has 0 heterocycles. The number of nitrogens with zero attached hydrogens (tertiary/aromatic N) is 1. The minimum atomic E-state index is -4.42. The van der Waals surface area contributed by atoms with E-state index in [1.807, 2.05) is 11.8 Å². The Morgan fingerprint density at radius 1 is 0.978 bits per heavy atom. The zero-order valence-corrected chi connectivity index (χ0v) is 29.2. The second-order valence-electron chi connectivity index (χ2n) is 13.5. The van der Waals surface area contributed by atoms with Crippen molar-refractivity contribution in [3.63, 3.8) is 0 Å². The maximum absolute atomic E-state index is 12.8. The minimum Gasteiger partial charge on any atom is -0.371 e. The third kappa shape index (κ3) is 13.7. The van der Waals surface area contributed by atoms with E-state index in [9.17, 15) is 22.0 Å². The Balaban J connectivity index is 0.000000693. The fourth-order valence-electron chi connectivity index (χ4n) is 6.04. The summed E-state index contributed by atoms with van der Waals surface area (Å²) in [6.07, 6.45) is 9.75. The van der Waals surface area contributed by atoms with Gasteiger partial charge in [-0.25, -0.2) is 8.78 Å². The Labute approximate surface area is 271 Å². The minimum absolute atomic E-state index is 0.122. The molecule has 0 saturated heterocycles. The van der Waals surface area contributed by atoms with Gasteiger partial charge < -0.3 is 10.3 Å². The topological polar surface area (TPSA) is 27.1 Å². The van der Waals surface area contributed by atoms with Crippen molar-refractivity contribution in [3.8, 4) is 0 Å². The zero-order valence-electron chi connectivity index (χ0n) is 29.2. The molecule has 2 fully saturated rings. The van der Waals surface area contributed by atoms with Gasteiger partial charge in [0.05, 0.1) is 0 Å². The van der Waals surface area contributed by atoms with Crippen LogP contribution in [0.4, 0.5) is 22.0 Å². The molecular formula is C38H59F5N2. The van der Waals surface area contributed by atoms with E-state index in [4.69, 9.17) is 5.41 Å². The zero-order chi connectivity index (χ0) is 35.2. The van der Waals surface area contributed by atoms with E-state index in [1.165, 1.54) is 57.1 Å². The lowest BCUT2D eigenvalue weighted by Gasteiger charge is -2.45. The molecule has 2 aliphatic carbocycles. The molecule has 0 aliphatic heterocycles. The molecule has 0 aromatic heterocycles. The molecular weight excluding hydrogens is 579 g/mol. The summed E-state index contributed by atoms with van der Waals surface area (Å²) < 4.78 is 63.8. The van der Waals surface area contributed by atoms with Crippen LogP contribution in [0, 0.1) is 28.1 Å². The van der Waals surface area contributed by atoms with Gasteiger partial charge in [0.25, 0.3) is 0 Å². The van der Waals surface area contributed by atoms with Gasteiger partial charge >= 0.3 is 6.18 Å². The van der Waals surface area contributed by atoms with Crippen LogP contribution in [0.25, 0.3) is 0 Å². The number of rotatable bonds is 12. The lowest BCUT2D eigenvalue weighted by molar-refractivity contribution is -0.0918. The van der Waals surface area contributed by atoms with Gasteiger partial charge in [0.2, 0.25) is 0 Å². The fourth-order valence-corrected chi connectivity index (χ4v) is 6.04. The van der Waals surface area contributed by atoms with Crippen molar-refractivity contribution < 1.29 is 22.0 Å². The number of allylic oxidation sites excluding steroid dienone is 9. The number of halogens is 5. The first kappa shape index (κ1) is 42.3. The van der Waals surface area contributed by atoms with Crippen molar-refractivity contribution in [1.29, 1.82) is 5.41 Å². The second-order valence-corrected chi connectivity index (χ2v) is 13.5. The van der Waals surface area contributed by atoms with Gasteiger partial charge in [-0.15, -0.1) is 0 Å². The highest BCUT2D eigenvalue weighted by Crippen LogP contribution is 2.46. The van der Waals surface area contributed by atoms with Gasteiger partial charge in [0.15, 0.2) is 0 Å². The summed E-state index contributed by atoms with van der Waals surface area (Å²) in [6, 6.07) is 0. The molecule has 1 N–H and O–H groups in total. The predicted molar refractivity (Wildman–Crippen MR) is 184 cm³/mol. The Kier molecular flexibility index (Phi) is 17.9. The molecule has 0 aromatic carbocycles. The van der Waals surface area contributed by atoms with E-state index in [0.29, 0.717) is 35.5 Å². The van der Waals surface area contributed by atoms with Crippen molar-refractivity contribution in [2.75, 3.05) is 13.1 Å². The molecule has 256 valence electrons. The summed E-state index contributed by atoms with van der Waals surface area (Å²) >= 11 is 0. The molecule has 7 heteroatoms. The summed E-state index contributed by atoms with van der Waals surface area (Å²) in [7, 11) is 0. The first-order chi connectivity index (χ1) is 20.8. The van der Waals surface area contributed by atoms with E-state index in [1.54, 1.807) is 0 Å². The molecule has 2 nitrogen and oxygen atoms in total. The quantitative estimate of drug-likeness (QED) is 0.0979. The van der Waals surface area contributed by atoms with Crippen LogP contribution >= 0.6 is 0 Å². The van der Waals surface area contributed by atoms with Gasteiger partial charge in [-0.1, -0.05) is 85.1 Å². The van der Waals surface area contributed by atoms with Crippen LogP contribution in [-0.4, -0.2) is 30.4 Å². The maximum Gasteiger partial charge on any atom is 0.413 e. The first-order valence-electron chi connectivity index (χ1n) is 16.1. The van der Waals surface area contributed by atoms with Crippen LogP contribution < -0.4 is 0 Å². The Hall–Kier alpha value is -2.70. The van der Waals surface area contributed by atoms with E-state index >= 15 is 0 Å². The third-order valence-corrected chi connectivity index (χ3v) is 9.14. The van der Waals surface area contributed by atoms with Crippen LogP contribution in [0.5, 0.6) is 0 Å². The summed E-state index contributed by atoms with van der Waals surface area (Å²) in [5, 5.41) is 7.30. The maximum atomic E-state index is 12.8. The molecule has 0 amide bonds.